The molecule has 1 heterocycles. The minimum atomic E-state index is -0.923. The van der Waals surface area contributed by atoms with Gasteiger partial charge in [-0.3, -0.25) is 4.79 Å². The molecule has 2 atom stereocenters. The lowest BCUT2D eigenvalue weighted by Crippen LogP contribution is -2.43. The van der Waals surface area contributed by atoms with Crippen molar-refractivity contribution in [2.24, 2.45) is 0 Å². The van der Waals surface area contributed by atoms with E-state index in [4.69, 9.17) is 5.11 Å². The van der Waals surface area contributed by atoms with E-state index in [-0.39, 0.29) is 11.8 Å². The highest BCUT2D eigenvalue weighted by molar-refractivity contribution is 7.99. The molecule has 5 heteroatoms. The lowest BCUT2D eigenvalue weighted by atomic mass is 9.99. The lowest BCUT2D eigenvalue weighted by Gasteiger charge is -2.24. The molecule has 0 spiro atoms. The maximum absolute atomic E-state index is 12.3. The first kappa shape index (κ1) is 13.0. The number of carbonyl (C=O) groups excluding carboxylic acids is 1. The third-order valence-corrected chi connectivity index (χ3v) is 4.13. The Kier molecular flexibility index (Phi) is 3.91. The first-order valence-corrected chi connectivity index (χ1v) is 6.92. The number of nitrogens with zero attached hydrogens (tertiary/aromatic N) is 1. The van der Waals surface area contributed by atoms with Gasteiger partial charge >= 0.3 is 5.97 Å². The molecule has 1 aromatic carbocycles. The second-order valence-electron chi connectivity index (χ2n) is 4.29. The highest BCUT2D eigenvalue weighted by Gasteiger charge is 2.36. The standard InChI is InChI=1S/C13H15NO3S/c1-9(10-5-3-2-4-6-10)12(15)14-8-18-7-11(14)13(16)17/h2-6,9,11H,7-8H2,1H3,(H,16,17). The van der Waals surface area contributed by atoms with Crippen LogP contribution in [-0.4, -0.2) is 39.6 Å². The Hall–Kier alpha value is -1.49. The van der Waals surface area contributed by atoms with Crippen molar-refractivity contribution in [1.29, 1.82) is 0 Å². The van der Waals surface area contributed by atoms with Gasteiger partial charge in [0.2, 0.25) is 5.91 Å². The summed E-state index contributed by atoms with van der Waals surface area (Å²) in [5.74, 6) is -0.394. The van der Waals surface area contributed by atoms with E-state index in [1.54, 1.807) is 0 Å². The predicted molar refractivity (Wildman–Crippen MR) is 70.5 cm³/mol. The van der Waals surface area contributed by atoms with Gasteiger partial charge in [0.25, 0.3) is 0 Å². The average Bonchev–Trinajstić information content (AvgIpc) is 2.87. The molecular formula is C13H15NO3S. The summed E-state index contributed by atoms with van der Waals surface area (Å²) in [7, 11) is 0. The SMILES string of the molecule is CC(C(=O)N1CSCC1C(=O)O)c1ccccc1. The fourth-order valence-corrected chi connectivity index (χ4v) is 3.15. The van der Waals surface area contributed by atoms with Gasteiger partial charge in [0, 0.05) is 5.75 Å². The minimum Gasteiger partial charge on any atom is -0.480 e. The maximum Gasteiger partial charge on any atom is 0.327 e. The highest BCUT2D eigenvalue weighted by Crippen LogP contribution is 2.26. The maximum atomic E-state index is 12.3. The van der Waals surface area contributed by atoms with Crippen molar-refractivity contribution in [2.75, 3.05) is 11.6 Å². The van der Waals surface area contributed by atoms with Crippen LogP contribution in [0.3, 0.4) is 0 Å². The Morgan fingerprint density at radius 3 is 2.67 bits per heavy atom. The molecule has 1 amide bonds. The summed E-state index contributed by atoms with van der Waals surface area (Å²) >= 11 is 1.48. The Morgan fingerprint density at radius 1 is 1.39 bits per heavy atom. The van der Waals surface area contributed by atoms with E-state index in [9.17, 15) is 9.59 Å². The van der Waals surface area contributed by atoms with Crippen LogP contribution in [0, 0.1) is 0 Å². The van der Waals surface area contributed by atoms with Crippen molar-refractivity contribution in [1.82, 2.24) is 4.90 Å². The van der Waals surface area contributed by atoms with Crippen molar-refractivity contribution >= 4 is 23.6 Å². The van der Waals surface area contributed by atoms with Gasteiger partial charge in [-0.15, -0.1) is 11.8 Å². The lowest BCUT2D eigenvalue weighted by molar-refractivity contribution is -0.148. The highest BCUT2D eigenvalue weighted by atomic mass is 32.2. The number of carboxylic acids is 1. The van der Waals surface area contributed by atoms with E-state index in [0.717, 1.165) is 5.56 Å². The molecule has 1 aliphatic rings. The number of carboxylic acid groups (broad SMARTS) is 1. The predicted octanol–water partition coefficient (Wildman–Crippen LogP) is 1.78. The van der Waals surface area contributed by atoms with Gasteiger partial charge in [0.15, 0.2) is 0 Å². The normalized spacial score (nSPS) is 20.7. The number of thioether (sulfide) groups is 1. The molecule has 2 unspecified atom stereocenters. The third kappa shape index (κ3) is 2.51. The van der Waals surface area contributed by atoms with Crippen LogP contribution in [0.2, 0.25) is 0 Å². The van der Waals surface area contributed by atoms with Gasteiger partial charge < -0.3 is 10.0 Å². The number of carbonyl (C=O) groups is 2. The number of rotatable bonds is 3. The second-order valence-corrected chi connectivity index (χ2v) is 5.29. The molecule has 0 aromatic heterocycles. The summed E-state index contributed by atoms with van der Waals surface area (Å²) in [4.78, 5) is 24.8. The molecular weight excluding hydrogens is 250 g/mol. The third-order valence-electron chi connectivity index (χ3n) is 3.12. The number of amides is 1. The van der Waals surface area contributed by atoms with Crippen molar-refractivity contribution < 1.29 is 14.7 Å². The van der Waals surface area contributed by atoms with E-state index in [2.05, 4.69) is 0 Å². The zero-order valence-electron chi connectivity index (χ0n) is 10.1. The molecule has 2 rings (SSSR count). The van der Waals surface area contributed by atoms with Crippen LogP contribution in [-0.2, 0) is 9.59 Å². The molecule has 18 heavy (non-hydrogen) atoms. The van der Waals surface area contributed by atoms with Crippen LogP contribution in [0.25, 0.3) is 0 Å². The van der Waals surface area contributed by atoms with E-state index in [1.807, 2.05) is 37.3 Å². The largest absolute Gasteiger partial charge is 0.480 e. The summed E-state index contributed by atoms with van der Waals surface area (Å²) in [5, 5.41) is 9.08. The zero-order chi connectivity index (χ0) is 13.1. The van der Waals surface area contributed by atoms with Gasteiger partial charge in [0.1, 0.15) is 6.04 Å². The van der Waals surface area contributed by atoms with Crippen LogP contribution in [0.15, 0.2) is 30.3 Å². The van der Waals surface area contributed by atoms with Gasteiger partial charge in [-0.2, -0.15) is 0 Å². The van der Waals surface area contributed by atoms with E-state index in [1.165, 1.54) is 16.7 Å². The van der Waals surface area contributed by atoms with Crippen molar-refractivity contribution in [3.05, 3.63) is 35.9 Å². The summed E-state index contributed by atoms with van der Waals surface area (Å²) in [5.41, 5.74) is 0.920. The zero-order valence-corrected chi connectivity index (χ0v) is 10.9. The first-order valence-electron chi connectivity index (χ1n) is 5.77. The molecule has 1 fully saturated rings. The topological polar surface area (TPSA) is 57.6 Å². The number of benzene rings is 1. The molecule has 0 aliphatic carbocycles. The first-order chi connectivity index (χ1) is 8.61. The van der Waals surface area contributed by atoms with Gasteiger partial charge in [0.05, 0.1) is 11.8 Å². The van der Waals surface area contributed by atoms with Gasteiger partial charge in [-0.25, -0.2) is 4.79 Å². The molecule has 1 saturated heterocycles. The second kappa shape index (κ2) is 5.44. The van der Waals surface area contributed by atoms with E-state index >= 15 is 0 Å². The van der Waals surface area contributed by atoms with E-state index < -0.39 is 12.0 Å². The van der Waals surface area contributed by atoms with Crippen LogP contribution in [0.5, 0.6) is 0 Å². The molecule has 0 radical (unpaired) electrons. The smallest absolute Gasteiger partial charge is 0.327 e. The summed E-state index contributed by atoms with van der Waals surface area (Å²) in [6.07, 6.45) is 0. The van der Waals surface area contributed by atoms with Crippen LogP contribution >= 0.6 is 11.8 Å². The summed E-state index contributed by atoms with van der Waals surface area (Å²) in [6, 6.07) is 8.75. The van der Waals surface area contributed by atoms with Crippen LogP contribution < -0.4 is 0 Å². The number of aliphatic carboxylic acids is 1. The average molecular weight is 265 g/mol. The molecule has 1 N–H and O–H groups in total. The summed E-state index contributed by atoms with van der Waals surface area (Å²) < 4.78 is 0. The molecule has 0 bridgehead atoms. The van der Waals surface area contributed by atoms with Gasteiger partial charge in [-0.05, 0) is 12.5 Å². The van der Waals surface area contributed by atoms with Crippen molar-refractivity contribution in [2.45, 2.75) is 18.9 Å². The molecule has 0 saturated carbocycles. The molecule has 1 aliphatic heterocycles. The fourth-order valence-electron chi connectivity index (χ4n) is 2.00. The van der Waals surface area contributed by atoms with Crippen LogP contribution in [0.1, 0.15) is 18.4 Å². The molecule has 1 aromatic rings. The fraction of sp³-hybridized carbons (Fsp3) is 0.385. The Labute approximate surface area is 110 Å². The molecule has 4 nitrogen and oxygen atoms in total. The van der Waals surface area contributed by atoms with E-state index in [0.29, 0.717) is 11.6 Å². The van der Waals surface area contributed by atoms with Crippen molar-refractivity contribution in [3.63, 3.8) is 0 Å². The number of hydrogen-bond acceptors (Lipinski definition) is 3. The number of hydrogen-bond donors (Lipinski definition) is 1. The minimum absolute atomic E-state index is 0.112. The Bertz CT molecular complexity index is 449. The van der Waals surface area contributed by atoms with Gasteiger partial charge in [-0.1, -0.05) is 30.3 Å². The summed E-state index contributed by atoms with van der Waals surface area (Å²) in [6.45, 7) is 1.82. The Morgan fingerprint density at radius 2 is 2.06 bits per heavy atom. The van der Waals surface area contributed by atoms with Crippen LogP contribution in [0.4, 0.5) is 0 Å². The molecule has 96 valence electrons. The quantitative estimate of drug-likeness (QED) is 0.905. The Balaban J connectivity index is 2.14. The monoisotopic (exact) mass is 265 g/mol. The van der Waals surface area contributed by atoms with Crippen molar-refractivity contribution in [3.8, 4) is 0 Å².